The average Bonchev–Trinajstić information content (AvgIpc) is 2.41. The van der Waals surface area contributed by atoms with Gasteiger partial charge in [0.1, 0.15) is 18.5 Å². The van der Waals surface area contributed by atoms with Crippen molar-refractivity contribution in [3.05, 3.63) is 29.8 Å². The summed E-state index contributed by atoms with van der Waals surface area (Å²) in [7, 11) is 0. The highest BCUT2D eigenvalue weighted by molar-refractivity contribution is 5.28. The fourth-order valence-electron chi connectivity index (χ4n) is 2.35. The Balaban J connectivity index is 1.71. The molecular formula is C16H25NO2. The van der Waals surface area contributed by atoms with E-state index in [-0.39, 0.29) is 5.54 Å². The Morgan fingerprint density at radius 3 is 2.84 bits per heavy atom. The molecule has 2 N–H and O–H groups in total. The number of benzene rings is 1. The molecule has 1 atom stereocenters. The Bertz CT molecular complexity index is 401. The highest BCUT2D eigenvalue weighted by atomic mass is 16.5. The summed E-state index contributed by atoms with van der Waals surface area (Å²) in [6.07, 6.45) is 4.25. The van der Waals surface area contributed by atoms with Crippen molar-refractivity contribution in [2.24, 2.45) is 0 Å². The van der Waals surface area contributed by atoms with E-state index < -0.39 is 6.10 Å². The highest BCUT2D eigenvalue weighted by Gasteiger charge is 2.31. The van der Waals surface area contributed by atoms with Gasteiger partial charge in [-0.05, 0) is 50.3 Å². The topological polar surface area (TPSA) is 41.5 Å². The summed E-state index contributed by atoms with van der Waals surface area (Å²) in [5.74, 6) is 0.841. The van der Waals surface area contributed by atoms with Crippen LogP contribution in [0, 0.1) is 0 Å². The average molecular weight is 263 g/mol. The second-order valence-corrected chi connectivity index (χ2v) is 5.76. The first-order valence-electron chi connectivity index (χ1n) is 7.26. The molecule has 0 amide bonds. The number of hydrogen-bond acceptors (Lipinski definition) is 3. The molecule has 0 heterocycles. The minimum absolute atomic E-state index is 0.239. The first-order chi connectivity index (χ1) is 9.11. The SMILES string of the molecule is CCc1cccc(OCC(O)CNC2(C)CCC2)c1. The third-order valence-electron chi connectivity index (χ3n) is 3.97. The van der Waals surface area contributed by atoms with E-state index >= 15 is 0 Å². The van der Waals surface area contributed by atoms with E-state index in [4.69, 9.17) is 4.74 Å². The van der Waals surface area contributed by atoms with Crippen molar-refractivity contribution in [3.63, 3.8) is 0 Å². The molecule has 2 rings (SSSR count). The Kier molecular flexibility index (Phi) is 4.83. The van der Waals surface area contributed by atoms with Crippen LogP contribution in [0.2, 0.25) is 0 Å². The van der Waals surface area contributed by atoms with Gasteiger partial charge in [0.25, 0.3) is 0 Å². The van der Waals surface area contributed by atoms with Crippen molar-refractivity contribution >= 4 is 0 Å². The second kappa shape index (κ2) is 6.40. The third kappa shape index (κ3) is 4.22. The van der Waals surface area contributed by atoms with E-state index in [0.717, 1.165) is 12.2 Å². The largest absolute Gasteiger partial charge is 0.491 e. The lowest BCUT2D eigenvalue weighted by atomic mass is 9.78. The van der Waals surface area contributed by atoms with Crippen LogP contribution < -0.4 is 10.1 Å². The van der Waals surface area contributed by atoms with Crippen LogP contribution in [0.5, 0.6) is 5.75 Å². The summed E-state index contributed by atoms with van der Waals surface area (Å²) < 4.78 is 5.64. The van der Waals surface area contributed by atoms with E-state index in [1.807, 2.05) is 18.2 Å². The number of rotatable bonds is 7. The molecule has 3 heteroatoms. The fourth-order valence-corrected chi connectivity index (χ4v) is 2.35. The maximum atomic E-state index is 9.93. The van der Waals surface area contributed by atoms with Gasteiger partial charge in [0.15, 0.2) is 0 Å². The molecule has 19 heavy (non-hydrogen) atoms. The van der Waals surface area contributed by atoms with Crippen LogP contribution in [0.25, 0.3) is 0 Å². The fraction of sp³-hybridized carbons (Fsp3) is 0.625. The summed E-state index contributed by atoms with van der Waals surface area (Å²) >= 11 is 0. The van der Waals surface area contributed by atoms with E-state index in [2.05, 4.69) is 25.2 Å². The zero-order valence-electron chi connectivity index (χ0n) is 12.0. The van der Waals surface area contributed by atoms with Gasteiger partial charge in [0, 0.05) is 12.1 Å². The summed E-state index contributed by atoms with van der Waals surface area (Å²) in [6.45, 7) is 5.28. The zero-order valence-corrected chi connectivity index (χ0v) is 12.0. The normalized spacial score (nSPS) is 18.7. The predicted octanol–water partition coefficient (Wildman–Crippen LogP) is 2.52. The van der Waals surface area contributed by atoms with Crippen LogP contribution in [0.15, 0.2) is 24.3 Å². The molecule has 106 valence electrons. The maximum Gasteiger partial charge on any atom is 0.119 e. The van der Waals surface area contributed by atoms with Crippen LogP contribution in [-0.4, -0.2) is 29.9 Å². The first kappa shape index (κ1) is 14.4. The number of hydrogen-bond donors (Lipinski definition) is 2. The molecule has 0 bridgehead atoms. The van der Waals surface area contributed by atoms with Crippen molar-refractivity contribution < 1.29 is 9.84 Å². The van der Waals surface area contributed by atoms with Gasteiger partial charge in [-0.3, -0.25) is 0 Å². The molecule has 0 saturated heterocycles. The van der Waals surface area contributed by atoms with Crippen molar-refractivity contribution in [2.45, 2.75) is 51.2 Å². The van der Waals surface area contributed by atoms with Gasteiger partial charge in [0.05, 0.1) is 0 Å². The zero-order chi connectivity index (χ0) is 13.7. The van der Waals surface area contributed by atoms with Gasteiger partial charge in [-0.15, -0.1) is 0 Å². The van der Waals surface area contributed by atoms with Crippen LogP contribution in [0.4, 0.5) is 0 Å². The number of nitrogens with one attached hydrogen (secondary N) is 1. The quantitative estimate of drug-likeness (QED) is 0.794. The number of aliphatic hydroxyl groups is 1. The van der Waals surface area contributed by atoms with Gasteiger partial charge >= 0.3 is 0 Å². The molecular weight excluding hydrogens is 238 g/mol. The van der Waals surface area contributed by atoms with Gasteiger partial charge in [-0.25, -0.2) is 0 Å². The molecule has 0 spiro atoms. The number of aliphatic hydroxyl groups excluding tert-OH is 1. The first-order valence-corrected chi connectivity index (χ1v) is 7.26. The van der Waals surface area contributed by atoms with Crippen LogP contribution in [0.3, 0.4) is 0 Å². The molecule has 3 nitrogen and oxygen atoms in total. The molecule has 1 saturated carbocycles. The van der Waals surface area contributed by atoms with Crippen LogP contribution in [0.1, 0.15) is 38.7 Å². The molecule has 0 aromatic heterocycles. The molecule has 1 aliphatic carbocycles. The van der Waals surface area contributed by atoms with Gasteiger partial charge in [-0.2, -0.15) is 0 Å². The van der Waals surface area contributed by atoms with Gasteiger partial charge in [-0.1, -0.05) is 19.1 Å². The Labute approximate surface area is 116 Å². The lowest BCUT2D eigenvalue weighted by molar-refractivity contribution is 0.0867. The standard InChI is InChI=1S/C16H25NO2/c1-3-13-6-4-7-15(10-13)19-12-14(18)11-17-16(2)8-5-9-16/h4,6-7,10,14,17-18H,3,5,8-9,11-12H2,1-2H3. The smallest absolute Gasteiger partial charge is 0.119 e. The van der Waals surface area contributed by atoms with Gasteiger partial charge < -0.3 is 15.2 Å². The summed E-state index contributed by atoms with van der Waals surface area (Å²) in [5, 5.41) is 13.4. The van der Waals surface area contributed by atoms with Crippen LogP contribution in [-0.2, 0) is 6.42 Å². The van der Waals surface area contributed by atoms with E-state index in [9.17, 15) is 5.11 Å². The Morgan fingerprint density at radius 1 is 1.42 bits per heavy atom. The summed E-state index contributed by atoms with van der Waals surface area (Å²) in [5.41, 5.74) is 1.50. The lowest BCUT2D eigenvalue weighted by Gasteiger charge is -2.40. The number of aryl methyl sites for hydroxylation is 1. The molecule has 0 aliphatic heterocycles. The minimum Gasteiger partial charge on any atom is -0.491 e. The number of ether oxygens (including phenoxy) is 1. The molecule has 0 radical (unpaired) electrons. The molecule has 1 aromatic carbocycles. The van der Waals surface area contributed by atoms with E-state index in [0.29, 0.717) is 13.2 Å². The van der Waals surface area contributed by atoms with Gasteiger partial charge in [0.2, 0.25) is 0 Å². The summed E-state index contributed by atoms with van der Waals surface area (Å²) in [4.78, 5) is 0. The second-order valence-electron chi connectivity index (χ2n) is 5.76. The number of β-amino-alcohol motifs (C(OH)–C–C–N with tert-alkyl or cyclic N) is 1. The summed E-state index contributed by atoms with van der Waals surface area (Å²) in [6, 6.07) is 8.05. The molecule has 1 aliphatic rings. The van der Waals surface area contributed by atoms with Crippen molar-refractivity contribution in [1.82, 2.24) is 5.32 Å². The minimum atomic E-state index is -0.456. The lowest BCUT2D eigenvalue weighted by Crippen LogP contribution is -2.51. The third-order valence-corrected chi connectivity index (χ3v) is 3.97. The molecule has 1 fully saturated rings. The van der Waals surface area contributed by atoms with Crippen molar-refractivity contribution in [2.75, 3.05) is 13.2 Å². The Morgan fingerprint density at radius 2 is 2.21 bits per heavy atom. The van der Waals surface area contributed by atoms with E-state index in [1.165, 1.54) is 24.8 Å². The monoisotopic (exact) mass is 263 g/mol. The Hall–Kier alpha value is -1.06. The highest BCUT2D eigenvalue weighted by Crippen LogP contribution is 2.30. The van der Waals surface area contributed by atoms with E-state index in [1.54, 1.807) is 0 Å². The van der Waals surface area contributed by atoms with Crippen molar-refractivity contribution in [3.8, 4) is 5.75 Å². The van der Waals surface area contributed by atoms with Crippen LogP contribution >= 0.6 is 0 Å². The predicted molar refractivity (Wildman–Crippen MR) is 77.6 cm³/mol. The maximum absolute atomic E-state index is 9.93. The molecule has 1 unspecified atom stereocenters. The van der Waals surface area contributed by atoms with Crippen molar-refractivity contribution in [1.29, 1.82) is 0 Å². The molecule has 1 aromatic rings.